The molecular formula is C22H19N3OS. The maximum Gasteiger partial charge on any atom is 0.234 e. The molecular weight excluding hydrogens is 354 g/mol. The molecule has 1 amide bonds. The van der Waals surface area contributed by atoms with Crippen molar-refractivity contribution in [3.05, 3.63) is 77.5 Å². The van der Waals surface area contributed by atoms with E-state index < -0.39 is 0 Å². The molecule has 0 saturated heterocycles. The molecule has 0 saturated carbocycles. The minimum atomic E-state index is -0.126. The van der Waals surface area contributed by atoms with Crippen molar-refractivity contribution >= 4 is 23.4 Å². The number of hydrogen-bond acceptors (Lipinski definition) is 4. The molecule has 0 radical (unpaired) electrons. The molecule has 1 heterocycles. The van der Waals surface area contributed by atoms with Crippen molar-refractivity contribution in [1.29, 1.82) is 5.26 Å². The molecule has 5 heteroatoms. The number of pyridine rings is 1. The van der Waals surface area contributed by atoms with Gasteiger partial charge in [-0.3, -0.25) is 4.79 Å². The fourth-order valence-electron chi connectivity index (χ4n) is 2.76. The lowest BCUT2D eigenvalue weighted by molar-refractivity contribution is -0.113. The summed E-state index contributed by atoms with van der Waals surface area (Å²) >= 11 is 1.28. The summed E-state index contributed by atoms with van der Waals surface area (Å²) in [6.45, 7) is 3.87. The zero-order chi connectivity index (χ0) is 19.2. The second kappa shape index (κ2) is 8.52. The zero-order valence-electron chi connectivity index (χ0n) is 15.2. The number of nitriles is 1. The summed E-state index contributed by atoms with van der Waals surface area (Å²) in [7, 11) is 0. The molecule has 3 aromatic rings. The number of carbonyl (C=O) groups is 1. The Bertz CT molecular complexity index is 1010. The number of aromatic nitrogens is 1. The van der Waals surface area contributed by atoms with Crippen LogP contribution in [0.4, 0.5) is 5.69 Å². The fourth-order valence-corrected chi connectivity index (χ4v) is 3.60. The molecule has 27 heavy (non-hydrogen) atoms. The topological polar surface area (TPSA) is 65.8 Å². The Balaban J connectivity index is 1.80. The highest BCUT2D eigenvalue weighted by molar-refractivity contribution is 8.00. The molecule has 0 bridgehead atoms. The van der Waals surface area contributed by atoms with Gasteiger partial charge in [0, 0.05) is 16.9 Å². The molecule has 0 atom stereocenters. The van der Waals surface area contributed by atoms with Crippen molar-refractivity contribution in [3.8, 4) is 17.2 Å². The summed E-state index contributed by atoms with van der Waals surface area (Å²) in [5.74, 6) is 0.0619. The molecule has 3 rings (SSSR count). The second-order valence-electron chi connectivity index (χ2n) is 6.18. The number of thioether (sulfide) groups is 1. The van der Waals surface area contributed by atoms with Gasteiger partial charge in [-0.2, -0.15) is 5.26 Å². The smallest absolute Gasteiger partial charge is 0.234 e. The van der Waals surface area contributed by atoms with Gasteiger partial charge in [0.05, 0.1) is 11.3 Å². The van der Waals surface area contributed by atoms with Crippen LogP contribution in [0.1, 0.15) is 16.8 Å². The van der Waals surface area contributed by atoms with Crippen LogP contribution in [0.2, 0.25) is 0 Å². The average molecular weight is 373 g/mol. The van der Waals surface area contributed by atoms with Gasteiger partial charge >= 0.3 is 0 Å². The van der Waals surface area contributed by atoms with Crippen molar-refractivity contribution in [2.24, 2.45) is 0 Å². The maximum atomic E-state index is 12.3. The lowest BCUT2D eigenvalue weighted by Gasteiger charge is -2.11. The van der Waals surface area contributed by atoms with Gasteiger partial charge < -0.3 is 5.32 Å². The highest BCUT2D eigenvalue weighted by Gasteiger charge is 2.15. The van der Waals surface area contributed by atoms with E-state index in [1.165, 1.54) is 11.8 Å². The number of aryl methyl sites for hydroxylation is 2. The molecule has 0 aliphatic heterocycles. The van der Waals surface area contributed by atoms with Crippen molar-refractivity contribution in [1.82, 2.24) is 4.98 Å². The maximum absolute atomic E-state index is 12.3. The molecule has 0 aliphatic carbocycles. The van der Waals surface area contributed by atoms with Crippen LogP contribution in [-0.2, 0) is 4.79 Å². The number of hydrogen-bond donors (Lipinski definition) is 1. The van der Waals surface area contributed by atoms with Crippen molar-refractivity contribution in [2.75, 3.05) is 11.1 Å². The SMILES string of the molecule is Cc1cccc(NC(=O)CSc2nc(C)cc(-c3ccccc3)c2C#N)c1. The molecule has 1 N–H and O–H groups in total. The number of benzene rings is 2. The number of nitrogens with zero attached hydrogens (tertiary/aromatic N) is 2. The van der Waals surface area contributed by atoms with E-state index in [1.807, 2.05) is 74.5 Å². The van der Waals surface area contributed by atoms with Gasteiger partial charge in [0.25, 0.3) is 0 Å². The van der Waals surface area contributed by atoms with E-state index in [0.29, 0.717) is 10.6 Å². The Hall–Kier alpha value is -3.10. The first kappa shape index (κ1) is 18.7. The Kier molecular flexibility index (Phi) is 5.90. The quantitative estimate of drug-likeness (QED) is 0.641. The Morgan fingerprint density at radius 2 is 1.89 bits per heavy atom. The van der Waals surface area contributed by atoms with Crippen LogP contribution in [-0.4, -0.2) is 16.6 Å². The fraction of sp³-hybridized carbons (Fsp3) is 0.136. The van der Waals surface area contributed by atoms with Crippen LogP contribution in [0.25, 0.3) is 11.1 Å². The van der Waals surface area contributed by atoms with Gasteiger partial charge in [0.2, 0.25) is 5.91 Å². The molecule has 4 nitrogen and oxygen atoms in total. The third-order valence-electron chi connectivity index (χ3n) is 3.95. The van der Waals surface area contributed by atoms with Gasteiger partial charge in [-0.05, 0) is 43.2 Å². The largest absolute Gasteiger partial charge is 0.325 e. The minimum Gasteiger partial charge on any atom is -0.325 e. The van der Waals surface area contributed by atoms with Crippen LogP contribution in [0.15, 0.2) is 65.7 Å². The van der Waals surface area contributed by atoms with Crippen LogP contribution in [0.5, 0.6) is 0 Å². The summed E-state index contributed by atoms with van der Waals surface area (Å²) < 4.78 is 0. The molecule has 0 aliphatic rings. The first-order valence-corrected chi connectivity index (χ1v) is 9.52. The standard InChI is InChI=1S/C22H19N3OS/c1-15-7-6-10-18(11-15)25-21(26)14-27-22-20(13-23)19(12-16(2)24-22)17-8-4-3-5-9-17/h3-12H,14H2,1-2H3,(H,25,26). The average Bonchev–Trinajstić information content (AvgIpc) is 2.66. The van der Waals surface area contributed by atoms with Crippen LogP contribution >= 0.6 is 11.8 Å². The molecule has 0 unspecified atom stereocenters. The number of carbonyl (C=O) groups excluding carboxylic acids is 1. The molecule has 0 spiro atoms. The van der Waals surface area contributed by atoms with E-state index in [2.05, 4.69) is 16.4 Å². The van der Waals surface area contributed by atoms with Gasteiger partial charge in [0.1, 0.15) is 11.1 Å². The van der Waals surface area contributed by atoms with E-state index in [1.54, 1.807) is 0 Å². The summed E-state index contributed by atoms with van der Waals surface area (Å²) in [5, 5.41) is 13.1. The van der Waals surface area contributed by atoms with Gasteiger partial charge in [0.15, 0.2) is 0 Å². The Labute approximate surface area is 163 Å². The molecule has 1 aromatic heterocycles. The van der Waals surface area contributed by atoms with Crippen LogP contribution in [0.3, 0.4) is 0 Å². The lowest BCUT2D eigenvalue weighted by atomic mass is 10.0. The number of nitrogens with one attached hydrogen (secondary N) is 1. The van der Waals surface area contributed by atoms with Crippen LogP contribution in [0, 0.1) is 25.2 Å². The Morgan fingerprint density at radius 1 is 1.11 bits per heavy atom. The Morgan fingerprint density at radius 3 is 2.59 bits per heavy atom. The number of amides is 1. The number of anilines is 1. The summed E-state index contributed by atoms with van der Waals surface area (Å²) in [4.78, 5) is 16.8. The molecule has 2 aromatic carbocycles. The summed E-state index contributed by atoms with van der Waals surface area (Å²) in [5.41, 5.74) is 4.97. The van der Waals surface area contributed by atoms with E-state index >= 15 is 0 Å². The summed E-state index contributed by atoms with van der Waals surface area (Å²) in [6, 6.07) is 21.6. The van der Waals surface area contributed by atoms with Gasteiger partial charge in [-0.1, -0.05) is 54.2 Å². The van der Waals surface area contributed by atoms with Crippen molar-refractivity contribution in [3.63, 3.8) is 0 Å². The van der Waals surface area contributed by atoms with Gasteiger partial charge in [-0.25, -0.2) is 4.98 Å². The lowest BCUT2D eigenvalue weighted by Crippen LogP contribution is -2.14. The number of rotatable bonds is 5. The van der Waals surface area contributed by atoms with E-state index in [4.69, 9.17) is 0 Å². The first-order valence-electron chi connectivity index (χ1n) is 8.53. The highest BCUT2D eigenvalue weighted by Crippen LogP contribution is 2.31. The monoisotopic (exact) mass is 373 g/mol. The van der Waals surface area contributed by atoms with Crippen molar-refractivity contribution < 1.29 is 4.79 Å². The van der Waals surface area contributed by atoms with Crippen LogP contribution < -0.4 is 5.32 Å². The van der Waals surface area contributed by atoms with E-state index in [9.17, 15) is 10.1 Å². The minimum absolute atomic E-state index is 0.126. The van der Waals surface area contributed by atoms with Crippen molar-refractivity contribution in [2.45, 2.75) is 18.9 Å². The predicted octanol–water partition coefficient (Wildman–Crippen LogP) is 4.97. The third-order valence-corrected chi connectivity index (χ3v) is 4.93. The predicted molar refractivity (Wildman–Crippen MR) is 110 cm³/mol. The second-order valence-corrected chi connectivity index (χ2v) is 7.14. The van der Waals surface area contributed by atoms with E-state index in [-0.39, 0.29) is 11.7 Å². The van der Waals surface area contributed by atoms with Gasteiger partial charge in [-0.15, -0.1) is 0 Å². The third kappa shape index (κ3) is 4.75. The zero-order valence-corrected chi connectivity index (χ0v) is 16.0. The molecule has 0 fully saturated rings. The summed E-state index contributed by atoms with van der Waals surface area (Å²) in [6.07, 6.45) is 0. The molecule has 134 valence electrons. The highest BCUT2D eigenvalue weighted by atomic mass is 32.2. The first-order chi connectivity index (χ1) is 13.1. The van der Waals surface area contributed by atoms with E-state index in [0.717, 1.165) is 28.1 Å². The normalized spacial score (nSPS) is 10.3.